The Balaban J connectivity index is 2.91. The van der Waals surface area contributed by atoms with E-state index in [2.05, 4.69) is 10.6 Å². The molecule has 0 aliphatic carbocycles. The van der Waals surface area contributed by atoms with E-state index in [-0.39, 0.29) is 25.2 Å². The molecule has 1 rings (SSSR count). The number of amides is 4. The van der Waals surface area contributed by atoms with E-state index in [9.17, 15) is 29.1 Å². The fourth-order valence-electron chi connectivity index (χ4n) is 3.90. The maximum atomic E-state index is 13.1. The lowest BCUT2D eigenvalue weighted by Gasteiger charge is -2.29. The van der Waals surface area contributed by atoms with Gasteiger partial charge in [-0.3, -0.25) is 19.2 Å². The summed E-state index contributed by atoms with van der Waals surface area (Å²) in [7, 11) is 0. The number of likely N-dealkylation sites (tertiary alicyclic amines) is 1. The minimum absolute atomic E-state index is 0.0398. The van der Waals surface area contributed by atoms with Crippen LogP contribution in [-0.2, 0) is 24.0 Å². The molecule has 5 unspecified atom stereocenters. The average molecular weight is 485 g/mol. The van der Waals surface area contributed by atoms with Gasteiger partial charge in [-0.05, 0) is 51.0 Å². The highest BCUT2D eigenvalue weighted by atomic mass is 16.4. The second kappa shape index (κ2) is 14.5. The van der Waals surface area contributed by atoms with Gasteiger partial charge in [0.25, 0.3) is 0 Å². The molecule has 4 amide bonds. The molecule has 0 saturated carbocycles. The topological polar surface area (TPSA) is 211 Å². The van der Waals surface area contributed by atoms with E-state index < -0.39 is 53.8 Å². The highest BCUT2D eigenvalue weighted by Gasteiger charge is 2.38. The predicted molar refractivity (Wildman–Crippen MR) is 125 cm³/mol. The summed E-state index contributed by atoms with van der Waals surface area (Å²) in [5.41, 5.74) is 16.6. The summed E-state index contributed by atoms with van der Waals surface area (Å²) in [5.74, 6) is -3.56. The van der Waals surface area contributed by atoms with Gasteiger partial charge in [-0.25, -0.2) is 4.79 Å². The Hall–Kier alpha value is -2.73. The largest absolute Gasteiger partial charge is 0.480 e. The van der Waals surface area contributed by atoms with Crippen molar-refractivity contribution in [3.63, 3.8) is 0 Å². The van der Waals surface area contributed by atoms with Gasteiger partial charge in [0.1, 0.15) is 18.1 Å². The number of rotatable bonds is 15. The van der Waals surface area contributed by atoms with Gasteiger partial charge >= 0.3 is 5.97 Å². The van der Waals surface area contributed by atoms with Gasteiger partial charge in [-0.15, -0.1) is 0 Å². The number of primary amides is 1. The number of nitrogens with two attached hydrogens (primary N) is 3. The van der Waals surface area contributed by atoms with E-state index in [1.54, 1.807) is 6.92 Å². The first-order valence-corrected chi connectivity index (χ1v) is 11.9. The SMILES string of the molecule is CCC(C)C(NC(=O)C(CCCCN)NC(=O)C1CCCN1C(=O)C(N)CCC(N)=O)C(=O)O. The van der Waals surface area contributed by atoms with Crippen LogP contribution in [0.25, 0.3) is 0 Å². The van der Waals surface area contributed by atoms with E-state index in [0.29, 0.717) is 45.2 Å². The molecule has 9 N–H and O–H groups in total. The Morgan fingerprint density at radius 2 is 1.79 bits per heavy atom. The fraction of sp³-hybridized carbons (Fsp3) is 0.773. The van der Waals surface area contributed by atoms with Crippen molar-refractivity contribution in [1.29, 1.82) is 0 Å². The first-order valence-electron chi connectivity index (χ1n) is 11.9. The number of carboxylic acids is 1. The molecular formula is C22H40N6O6. The van der Waals surface area contributed by atoms with Crippen molar-refractivity contribution >= 4 is 29.6 Å². The summed E-state index contributed by atoms with van der Waals surface area (Å²) in [4.78, 5) is 62.7. The van der Waals surface area contributed by atoms with E-state index in [1.165, 1.54) is 4.90 Å². The summed E-state index contributed by atoms with van der Waals surface area (Å²) >= 11 is 0. The second-order valence-electron chi connectivity index (χ2n) is 8.86. The van der Waals surface area contributed by atoms with Crippen LogP contribution in [0.3, 0.4) is 0 Å². The standard InChI is InChI=1S/C22H40N6O6/c1-3-13(2)18(22(33)34)27-19(30)15(7-4-5-11-23)26-20(31)16-8-6-12-28(16)21(32)14(24)9-10-17(25)29/h13-16,18H,3-12,23-24H2,1-2H3,(H2,25,29)(H,26,31)(H,27,30)(H,33,34). The second-order valence-corrected chi connectivity index (χ2v) is 8.86. The lowest BCUT2D eigenvalue weighted by Crippen LogP contribution is -2.57. The van der Waals surface area contributed by atoms with Crippen LogP contribution in [0.5, 0.6) is 0 Å². The predicted octanol–water partition coefficient (Wildman–Crippen LogP) is -1.20. The molecule has 5 atom stereocenters. The molecule has 1 aliphatic rings. The van der Waals surface area contributed by atoms with Crippen molar-refractivity contribution in [1.82, 2.24) is 15.5 Å². The van der Waals surface area contributed by atoms with E-state index in [0.717, 1.165) is 0 Å². The highest BCUT2D eigenvalue weighted by molar-refractivity contribution is 5.94. The third kappa shape index (κ3) is 8.90. The van der Waals surface area contributed by atoms with E-state index in [1.807, 2.05) is 6.92 Å². The van der Waals surface area contributed by atoms with Crippen molar-refractivity contribution < 1.29 is 29.1 Å². The smallest absolute Gasteiger partial charge is 0.326 e. The molecule has 34 heavy (non-hydrogen) atoms. The minimum atomic E-state index is -1.15. The first kappa shape index (κ1) is 29.3. The van der Waals surface area contributed by atoms with Gasteiger partial charge < -0.3 is 37.8 Å². The monoisotopic (exact) mass is 484 g/mol. The molecule has 0 aromatic carbocycles. The van der Waals surface area contributed by atoms with E-state index in [4.69, 9.17) is 17.2 Å². The van der Waals surface area contributed by atoms with Gasteiger partial charge in [0.05, 0.1) is 6.04 Å². The summed E-state index contributed by atoms with van der Waals surface area (Å²) < 4.78 is 0. The Kier molecular flexibility index (Phi) is 12.5. The number of carbonyl (C=O) groups is 5. The molecule has 0 aromatic rings. The number of unbranched alkanes of at least 4 members (excludes halogenated alkanes) is 1. The van der Waals surface area contributed by atoms with Crippen molar-refractivity contribution in [2.45, 2.75) is 89.4 Å². The lowest BCUT2D eigenvalue weighted by molar-refractivity contribution is -0.144. The molecule has 1 heterocycles. The van der Waals surface area contributed by atoms with Gasteiger partial charge in [0, 0.05) is 13.0 Å². The number of aliphatic carboxylic acids is 1. The maximum absolute atomic E-state index is 13.1. The van der Waals surface area contributed by atoms with Crippen molar-refractivity contribution in [3.05, 3.63) is 0 Å². The minimum Gasteiger partial charge on any atom is -0.480 e. The zero-order valence-electron chi connectivity index (χ0n) is 20.1. The molecular weight excluding hydrogens is 444 g/mol. The number of hydrogen-bond donors (Lipinski definition) is 6. The molecule has 1 saturated heterocycles. The van der Waals surface area contributed by atoms with Crippen molar-refractivity contribution in [2.24, 2.45) is 23.1 Å². The number of hydrogen-bond acceptors (Lipinski definition) is 7. The normalized spacial score (nSPS) is 19.1. The Labute approximate surface area is 200 Å². The maximum Gasteiger partial charge on any atom is 0.326 e. The van der Waals surface area contributed by atoms with Crippen LogP contribution in [0.2, 0.25) is 0 Å². The Bertz CT molecular complexity index is 733. The molecule has 12 heteroatoms. The fourth-order valence-corrected chi connectivity index (χ4v) is 3.90. The summed E-state index contributed by atoms with van der Waals surface area (Å²) in [6.45, 7) is 4.30. The zero-order valence-corrected chi connectivity index (χ0v) is 20.1. The molecule has 1 fully saturated rings. The van der Waals surface area contributed by atoms with Crippen molar-refractivity contribution in [2.75, 3.05) is 13.1 Å². The molecule has 0 spiro atoms. The number of nitrogens with one attached hydrogen (secondary N) is 2. The summed E-state index contributed by atoms with van der Waals surface area (Å²) in [6.07, 6.45) is 3.05. The van der Waals surface area contributed by atoms with Gasteiger partial charge in [0.15, 0.2) is 0 Å². The molecule has 194 valence electrons. The number of nitrogens with zero attached hydrogens (tertiary/aromatic N) is 1. The van der Waals surface area contributed by atoms with Crippen molar-refractivity contribution in [3.8, 4) is 0 Å². The van der Waals surface area contributed by atoms with Crippen LogP contribution < -0.4 is 27.8 Å². The Morgan fingerprint density at radius 1 is 1.12 bits per heavy atom. The van der Waals surface area contributed by atoms with Crippen LogP contribution in [-0.4, -0.2) is 76.9 Å². The van der Waals surface area contributed by atoms with Gasteiger partial charge in [-0.2, -0.15) is 0 Å². The van der Waals surface area contributed by atoms with Gasteiger partial charge in [-0.1, -0.05) is 20.3 Å². The molecule has 12 nitrogen and oxygen atoms in total. The van der Waals surface area contributed by atoms with Crippen LogP contribution in [0.15, 0.2) is 0 Å². The van der Waals surface area contributed by atoms with Crippen LogP contribution in [0, 0.1) is 5.92 Å². The molecule has 0 aromatic heterocycles. The van der Waals surface area contributed by atoms with Crippen LogP contribution >= 0.6 is 0 Å². The number of carboxylic acid groups (broad SMARTS) is 1. The van der Waals surface area contributed by atoms with E-state index >= 15 is 0 Å². The summed E-state index contributed by atoms with van der Waals surface area (Å²) in [5, 5.41) is 14.7. The molecule has 0 radical (unpaired) electrons. The van der Waals surface area contributed by atoms with Crippen LogP contribution in [0.4, 0.5) is 0 Å². The molecule has 0 bridgehead atoms. The van der Waals surface area contributed by atoms with Crippen LogP contribution in [0.1, 0.15) is 65.2 Å². The highest BCUT2D eigenvalue weighted by Crippen LogP contribution is 2.20. The summed E-state index contributed by atoms with van der Waals surface area (Å²) in [6, 6.07) is -3.82. The quantitative estimate of drug-likeness (QED) is 0.155. The van der Waals surface area contributed by atoms with Gasteiger partial charge in [0.2, 0.25) is 23.6 Å². The number of carbonyl (C=O) groups excluding carboxylic acids is 4. The zero-order chi connectivity index (χ0) is 25.8. The lowest BCUT2D eigenvalue weighted by atomic mass is 9.98. The third-order valence-corrected chi connectivity index (χ3v) is 6.21. The third-order valence-electron chi connectivity index (χ3n) is 6.21. The Morgan fingerprint density at radius 3 is 2.35 bits per heavy atom. The first-order chi connectivity index (χ1) is 16.0. The average Bonchev–Trinajstić information content (AvgIpc) is 3.29. The molecule has 1 aliphatic heterocycles.